The van der Waals surface area contributed by atoms with Crippen molar-refractivity contribution in [3.63, 3.8) is 0 Å². The standard InChI is InChI=1S/C10H19N3OS/c1-6(2)8(9(11)15)13-10(14)12-7-4-3-5-7/h6-8H,3-5H2,1-2H3,(H2,11,15)(H2,12,13,14). The molecule has 0 heterocycles. The van der Waals surface area contributed by atoms with Crippen molar-refractivity contribution in [2.24, 2.45) is 11.7 Å². The molecule has 4 N–H and O–H groups in total. The number of nitrogens with two attached hydrogens (primary N) is 1. The van der Waals surface area contributed by atoms with Gasteiger partial charge in [0.15, 0.2) is 0 Å². The first-order valence-electron chi connectivity index (χ1n) is 5.37. The molecule has 0 spiro atoms. The van der Waals surface area contributed by atoms with Crippen LogP contribution in [0.4, 0.5) is 4.79 Å². The summed E-state index contributed by atoms with van der Waals surface area (Å²) in [5.74, 6) is 0.217. The van der Waals surface area contributed by atoms with Crippen molar-refractivity contribution >= 4 is 23.2 Å². The average Bonchev–Trinajstić information content (AvgIpc) is 2.06. The Bertz CT molecular complexity index is 251. The number of amides is 2. The lowest BCUT2D eigenvalue weighted by atomic mass is 9.93. The quantitative estimate of drug-likeness (QED) is 0.633. The van der Waals surface area contributed by atoms with Crippen LogP contribution in [-0.4, -0.2) is 23.1 Å². The maximum Gasteiger partial charge on any atom is 0.315 e. The lowest BCUT2D eigenvalue weighted by molar-refractivity contribution is 0.225. The lowest BCUT2D eigenvalue weighted by Crippen LogP contribution is -2.53. The van der Waals surface area contributed by atoms with Crippen LogP contribution in [0.15, 0.2) is 0 Å². The molecule has 1 aliphatic rings. The second-order valence-corrected chi connectivity index (χ2v) is 4.84. The largest absolute Gasteiger partial charge is 0.392 e. The van der Waals surface area contributed by atoms with Crippen LogP contribution in [0.1, 0.15) is 33.1 Å². The second-order valence-electron chi connectivity index (χ2n) is 4.37. The molecule has 0 aromatic rings. The third-order valence-corrected chi connectivity index (χ3v) is 2.95. The van der Waals surface area contributed by atoms with E-state index >= 15 is 0 Å². The van der Waals surface area contributed by atoms with Crippen LogP contribution in [0.25, 0.3) is 0 Å². The van der Waals surface area contributed by atoms with E-state index in [2.05, 4.69) is 10.6 Å². The molecule has 15 heavy (non-hydrogen) atoms. The zero-order valence-corrected chi connectivity index (χ0v) is 10.1. The Hall–Kier alpha value is -0.840. The maximum atomic E-state index is 11.5. The molecule has 2 amide bonds. The van der Waals surface area contributed by atoms with Gasteiger partial charge < -0.3 is 16.4 Å². The van der Waals surface area contributed by atoms with E-state index in [-0.39, 0.29) is 18.0 Å². The summed E-state index contributed by atoms with van der Waals surface area (Å²) < 4.78 is 0. The number of rotatable bonds is 4. The molecule has 0 saturated heterocycles. The van der Waals surface area contributed by atoms with Crippen molar-refractivity contribution in [3.8, 4) is 0 Å². The van der Waals surface area contributed by atoms with Gasteiger partial charge in [-0.2, -0.15) is 0 Å². The summed E-state index contributed by atoms with van der Waals surface area (Å²) in [4.78, 5) is 11.9. The molecule has 0 aliphatic heterocycles. The molecule has 1 fully saturated rings. The van der Waals surface area contributed by atoms with E-state index in [1.807, 2.05) is 13.8 Å². The molecular formula is C10H19N3OS. The van der Waals surface area contributed by atoms with Crippen molar-refractivity contribution < 1.29 is 4.79 Å². The number of hydrogen-bond acceptors (Lipinski definition) is 2. The summed E-state index contributed by atoms with van der Waals surface area (Å²) in [6.07, 6.45) is 3.35. The van der Waals surface area contributed by atoms with Crippen LogP contribution >= 0.6 is 12.2 Å². The summed E-state index contributed by atoms with van der Waals surface area (Å²) in [5.41, 5.74) is 5.55. The van der Waals surface area contributed by atoms with Gasteiger partial charge in [0.05, 0.1) is 11.0 Å². The van der Waals surface area contributed by atoms with Crippen LogP contribution < -0.4 is 16.4 Å². The van der Waals surface area contributed by atoms with Gasteiger partial charge in [0.2, 0.25) is 0 Å². The van der Waals surface area contributed by atoms with Crippen LogP contribution in [0, 0.1) is 5.92 Å². The Morgan fingerprint density at radius 2 is 2.07 bits per heavy atom. The number of hydrogen-bond donors (Lipinski definition) is 3. The third-order valence-electron chi connectivity index (χ3n) is 2.70. The molecule has 0 aromatic heterocycles. The van der Waals surface area contributed by atoms with E-state index in [4.69, 9.17) is 18.0 Å². The topological polar surface area (TPSA) is 67.2 Å². The number of carbonyl (C=O) groups is 1. The summed E-state index contributed by atoms with van der Waals surface area (Å²) in [7, 11) is 0. The Balaban J connectivity index is 2.36. The predicted octanol–water partition coefficient (Wildman–Crippen LogP) is 1.15. The van der Waals surface area contributed by atoms with Crippen LogP contribution in [0.5, 0.6) is 0 Å². The molecular weight excluding hydrogens is 210 g/mol. The fourth-order valence-corrected chi connectivity index (χ4v) is 1.82. The van der Waals surface area contributed by atoms with E-state index in [9.17, 15) is 4.79 Å². The normalized spacial score (nSPS) is 18.1. The van der Waals surface area contributed by atoms with Gasteiger partial charge >= 0.3 is 6.03 Å². The van der Waals surface area contributed by atoms with E-state index < -0.39 is 0 Å². The van der Waals surface area contributed by atoms with Gasteiger partial charge in [-0.3, -0.25) is 0 Å². The first-order valence-corrected chi connectivity index (χ1v) is 5.78. The average molecular weight is 229 g/mol. The van der Waals surface area contributed by atoms with E-state index in [0.717, 1.165) is 12.8 Å². The smallest absolute Gasteiger partial charge is 0.315 e. The van der Waals surface area contributed by atoms with Gasteiger partial charge in [-0.05, 0) is 25.2 Å². The number of nitrogens with one attached hydrogen (secondary N) is 2. The molecule has 1 rings (SSSR count). The number of urea groups is 1. The predicted molar refractivity (Wildman–Crippen MR) is 64.7 cm³/mol. The van der Waals surface area contributed by atoms with Gasteiger partial charge in [0, 0.05) is 6.04 Å². The monoisotopic (exact) mass is 229 g/mol. The highest BCUT2D eigenvalue weighted by Crippen LogP contribution is 2.17. The van der Waals surface area contributed by atoms with Gasteiger partial charge in [-0.1, -0.05) is 26.1 Å². The van der Waals surface area contributed by atoms with Gasteiger partial charge in [0.1, 0.15) is 0 Å². The SMILES string of the molecule is CC(C)C(NC(=O)NC1CCC1)C(N)=S. The molecule has 0 radical (unpaired) electrons. The van der Waals surface area contributed by atoms with Crippen molar-refractivity contribution in [1.82, 2.24) is 10.6 Å². The van der Waals surface area contributed by atoms with Crippen LogP contribution in [-0.2, 0) is 0 Å². The molecule has 5 heteroatoms. The third kappa shape index (κ3) is 3.66. The highest BCUT2D eigenvalue weighted by molar-refractivity contribution is 7.80. The molecule has 1 aliphatic carbocycles. The van der Waals surface area contributed by atoms with Crippen LogP contribution in [0.2, 0.25) is 0 Å². The van der Waals surface area contributed by atoms with E-state index in [1.54, 1.807) is 0 Å². The van der Waals surface area contributed by atoms with Gasteiger partial charge in [-0.15, -0.1) is 0 Å². The minimum absolute atomic E-state index is 0.161. The summed E-state index contributed by atoms with van der Waals surface area (Å²) in [6.45, 7) is 3.96. The Morgan fingerprint density at radius 1 is 1.47 bits per heavy atom. The summed E-state index contributed by atoms with van der Waals surface area (Å²) in [6, 6.07) is -0.0459. The van der Waals surface area contributed by atoms with Crippen molar-refractivity contribution in [3.05, 3.63) is 0 Å². The molecule has 1 unspecified atom stereocenters. The second kappa shape index (κ2) is 5.30. The summed E-state index contributed by atoms with van der Waals surface area (Å²) >= 11 is 4.90. The fraction of sp³-hybridized carbons (Fsp3) is 0.800. The molecule has 1 saturated carbocycles. The highest BCUT2D eigenvalue weighted by Gasteiger charge is 2.23. The number of carbonyl (C=O) groups excluding carboxylic acids is 1. The van der Waals surface area contributed by atoms with Crippen LogP contribution in [0.3, 0.4) is 0 Å². The van der Waals surface area contributed by atoms with Crippen molar-refractivity contribution in [2.75, 3.05) is 0 Å². The zero-order chi connectivity index (χ0) is 11.4. The first-order chi connectivity index (χ1) is 7.00. The molecule has 0 aromatic carbocycles. The van der Waals surface area contributed by atoms with Crippen molar-refractivity contribution in [2.45, 2.75) is 45.2 Å². The minimum atomic E-state index is -0.222. The van der Waals surface area contributed by atoms with Gasteiger partial charge in [0.25, 0.3) is 0 Å². The molecule has 1 atom stereocenters. The minimum Gasteiger partial charge on any atom is -0.392 e. The first kappa shape index (κ1) is 12.2. The lowest BCUT2D eigenvalue weighted by Gasteiger charge is -2.28. The Kier molecular flexibility index (Phi) is 4.32. The number of thiocarbonyl (C=S) groups is 1. The highest BCUT2D eigenvalue weighted by atomic mass is 32.1. The zero-order valence-electron chi connectivity index (χ0n) is 9.25. The Labute approximate surface area is 96.0 Å². The molecule has 86 valence electrons. The molecule has 4 nitrogen and oxygen atoms in total. The van der Waals surface area contributed by atoms with Crippen molar-refractivity contribution in [1.29, 1.82) is 0 Å². The maximum absolute atomic E-state index is 11.5. The Morgan fingerprint density at radius 3 is 2.40 bits per heavy atom. The van der Waals surface area contributed by atoms with E-state index in [1.165, 1.54) is 6.42 Å². The molecule has 0 bridgehead atoms. The summed E-state index contributed by atoms with van der Waals surface area (Å²) in [5, 5.41) is 5.69. The van der Waals surface area contributed by atoms with Gasteiger partial charge in [-0.25, -0.2) is 4.79 Å². The fourth-order valence-electron chi connectivity index (χ4n) is 1.49. The van der Waals surface area contributed by atoms with E-state index in [0.29, 0.717) is 11.0 Å².